The first kappa shape index (κ1) is 38.9. The van der Waals surface area contributed by atoms with Crippen LogP contribution in [0.3, 0.4) is 0 Å². The lowest BCUT2D eigenvalue weighted by Gasteiger charge is -2.09. The number of hydrogen-bond acceptors (Lipinski definition) is 8. The summed E-state index contributed by atoms with van der Waals surface area (Å²) in [6, 6.07) is 22.5. The molecule has 3 aromatic rings. The van der Waals surface area contributed by atoms with Crippen LogP contribution in [0.4, 0.5) is 0 Å². The zero-order valence-electron chi connectivity index (χ0n) is 29.8. The van der Waals surface area contributed by atoms with Gasteiger partial charge in [-0.15, -0.1) is 0 Å². The van der Waals surface area contributed by atoms with Crippen molar-refractivity contribution in [2.75, 3.05) is 19.8 Å². The van der Waals surface area contributed by atoms with E-state index in [4.69, 9.17) is 23.7 Å². The SMILES string of the molecule is C=CC(=O)OCCCCCCCCCOc1ccc(-c2ccc(OC(=O)c3ccc(OCCCCCCCC4CC(=C)C(=O)O4)cc3)cc2)cc1. The molecule has 0 bridgehead atoms. The van der Waals surface area contributed by atoms with Crippen molar-refractivity contribution < 1.29 is 38.1 Å². The third-order valence-corrected chi connectivity index (χ3v) is 8.79. The van der Waals surface area contributed by atoms with Crippen molar-refractivity contribution in [3.63, 3.8) is 0 Å². The van der Waals surface area contributed by atoms with Gasteiger partial charge in [0.1, 0.15) is 23.4 Å². The molecular formula is C43H52O8. The predicted octanol–water partition coefficient (Wildman–Crippen LogP) is 10.0. The van der Waals surface area contributed by atoms with Crippen LogP contribution in [0.25, 0.3) is 11.1 Å². The van der Waals surface area contributed by atoms with Crippen molar-refractivity contribution in [2.45, 2.75) is 96.0 Å². The molecule has 1 saturated heterocycles. The van der Waals surface area contributed by atoms with Crippen molar-refractivity contribution >= 4 is 17.9 Å². The first-order valence-electron chi connectivity index (χ1n) is 18.4. The van der Waals surface area contributed by atoms with Gasteiger partial charge in [-0.1, -0.05) is 88.8 Å². The van der Waals surface area contributed by atoms with Gasteiger partial charge in [0.05, 0.1) is 25.4 Å². The third kappa shape index (κ3) is 14.5. The lowest BCUT2D eigenvalue weighted by atomic mass is 10.1. The minimum atomic E-state index is -0.420. The maximum atomic E-state index is 12.7. The molecule has 51 heavy (non-hydrogen) atoms. The van der Waals surface area contributed by atoms with Gasteiger partial charge in [0.2, 0.25) is 0 Å². The van der Waals surface area contributed by atoms with E-state index in [0.29, 0.717) is 43.1 Å². The molecule has 4 rings (SSSR count). The fourth-order valence-electron chi connectivity index (χ4n) is 5.81. The van der Waals surface area contributed by atoms with Gasteiger partial charge < -0.3 is 23.7 Å². The molecule has 1 aliphatic rings. The average molecular weight is 697 g/mol. The summed E-state index contributed by atoms with van der Waals surface area (Å²) in [5, 5.41) is 0. The second kappa shape index (κ2) is 22.1. The Morgan fingerprint density at radius 3 is 1.63 bits per heavy atom. The van der Waals surface area contributed by atoms with Gasteiger partial charge in [-0.05, 0) is 91.8 Å². The number of benzene rings is 3. The van der Waals surface area contributed by atoms with Crippen LogP contribution in [0.15, 0.2) is 97.6 Å². The molecule has 1 atom stereocenters. The molecule has 272 valence electrons. The molecule has 3 aromatic carbocycles. The summed E-state index contributed by atoms with van der Waals surface area (Å²) < 4.78 is 27.6. The number of carbonyl (C=O) groups is 3. The van der Waals surface area contributed by atoms with Crippen LogP contribution in [0, 0.1) is 0 Å². The van der Waals surface area contributed by atoms with E-state index in [9.17, 15) is 14.4 Å². The summed E-state index contributed by atoms with van der Waals surface area (Å²) in [6.45, 7) is 8.90. The zero-order chi connectivity index (χ0) is 36.1. The molecule has 1 unspecified atom stereocenters. The highest BCUT2D eigenvalue weighted by atomic mass is 16.6. The number of esters is 3. The number of ether oxygens (including phenoxy) is 5. The molecule has 0 aromatic heterocycles. The first-order valence-corrected chi connectivity index (χ1v) is 18.4. The number of rotatable bonds is 24. The standard InChI is InChI=1S/C43H52O8/c1-3-41(44)49-31-15-10-6-4-5-9-13-29-47-37-23-17-34(18-24-37)35-19-27-39(28-20-35)50-43(46)36-21-25-38(26-22-36)48-30-14-11-7-8-12-16-40-32-33(2)42(45)51-40/h3,17-28,40H,1-2,4-16,29-32H2. The molecule has 8 heteroatoms. The molecule has 1 heterocycles. The van der Waals surface area contributed by atoms with Crippen LogP contribution in [0.1, 0.15) is 100 Å². The summed E-state index contributed by atoms with van der Waals surface area (Å²) in [5.74, 6) is 1.03. The van der Waals surface area contributed by atoms with E-state index in [0.717, 1.165) is 93.3 Å². The van der Waals surface area contributed by atoms with Gasteiger partial charge in [-0.25, -0.2) is 14.4 Å². The van der Waals surface area contributed by atoms with Gasteiger partial charge in [-0.3, -0.25) is 0 Å². The molecule has 0 saturated carbocycles. The Kier molecular flexibility index (Phi) is 16.9. The molecule has 0 amide bonds. The Morgan fingerprint density at radius 2 is 1.12 bits per heavy atom. The molecule has 8 nitrogen and oxygen atoms in total. The predicted molar refractivity (Wildman–Crippen MR) is 199 cm³/mol. The molecule has 0 spiro atoms. The van der Waals surface area contributed by atoms with E-state index in [1.54, 1.807) is 36.4 Å². The average Bonchev–Trinajstić information content (AvgIpc) is 3.48. The Balaban J connectivity index is 1.05. The Labute approximate surface area is 302 Å². The van der Waals surface area contributed by atoms with Crippen LogP contribution < -0.4 is 14.2 Å². The Hall–Kier alpha value is -4.85. The lowest BCUT2D eigenvalue weighted by molar-refractivity contribution is -0.139. The van der Waals surface area contributed by atoms with Gasteiger partial charge in [-0.2, -0.15) is 0 Å². The normalized spacial score (nSPS) is 13.8. The van der Waals surface area contributed by atoms with E-state index in [1.165, 1.54) is 18.9 Å². The summed E-state index contributed by atoms with van der Waals surface area (Å²) in [6.07, 6.45) is 15.7. The molecule has 1 fully saturated rings. The molecular weight excluding hydrogens is 644 g/mol. The van der Waals surface area contributed by atoms with Crippen LogP contribution in [0.5, 0.6) is 17.2 Å². The summed E-state index contributed by atoms with van der Waals surface area (Å²) in [5.41, 5.74) is 3.11. The minimum absolute atomic E-state index is 0.00880. The number of unbranched alkanes of at least 4 members (excludes halogenated alkanes) is 10. The van der Waals surface area contributed by atoms with Gasteiger partial charge >= 0.3 is 17.9 Å². The maximum Gasteiger partial charge on any atom is 0.343 e. The van der Waals surface area contributed by atoms with E-state index >= 15 is 0 Å². The van der Waals surface area contributed by atoms with E-state index in [2.05, 4.69) is 13.2 Å². The summed E-state index contributed by atoms with van der Waals surface area (Å²) >= 11 is 0. The monoisotopic (exact) mass is 696 g/mol. The summed E-state index contributed by atoms with van der Waals surface area (Å²) in [4.78, 5) is 35.1. The zero-order valence-corrected chi connectivity index (χ0v) is 29.8. The fraction of sp³-hybridized carbons (Fsp3) is 0.419. The number of hydrogen-bond donors (Lipinski definition) is 0. The molecule has 1 aliphatic heterocycles. The van der Waals surface area contributed by atoms with Gasteiger partial charge in [0.15, 0.2) is 0 Å². The highest BCUT2D eigenvalue weighted by molar-refractivity contribution is 5.91. The highest BCUT2D eigenvalue weighted by Crippen LogP contribution is 2.26. The van der Waals surface area contributed by atoms with E-state index in [1.807, 2.05) is 36.4 Å². The largest absolute Gasteiger partial charge is 0.494 e. The molecule has 0 aliphatic carbocycles. The van der Waals surface area contributed by atoms with Crippen LogP contribution >= 0.6 is 0 Å². The van der Waals surface area contributed by atoms with Gasteiger partial charge in [0.25, 0.3) is 0 Å². The third-order valence-electron chi connectivity index (χ3n) is 8.79. The number of cyclic esters (lactones) is 1. The van der Waals surface area contributed by atoms with Crippen LogP contribution in [-0.4, -0.2) is 43.8 Å². The smallest absolute Gasteiger partial charge is 0.343 e. The van der Waals surface area contributed by atoms with Crippen molar-refractivity contribution in [3.05, 3.63) is 103 Å². The maximum absolute atomic E-state index is 12.7. The van der Waals surface area contributed by atoms with Gasteiger partial charge in [0, 0.05) is 18.1 Å². The van der Waals surface area contributed by atoms with Crippen LogP contribution in [0.2, 0.25) is 0 Å². The second-order valence-corrected chi connectivity index (χ2v) is 12.9. The summed E-state index contributed by atoms with van der Waals surface area (Å²) in [7, 11) is 0. The Morgan fingerprint density at radius 1 is 0.647 bits per heavy atom. The molecule has 0 N–H and O–H groups in total. The first-order chi connectivity index (χ1) is 24.9. The minimum Gasteiger partial charge on any atom is -0.494 e. The highest BCUT2D eigenvalue weighted by Gasteiger charge is 2.26. The van der Waals surface area contributed by atoms with Crippen molar-refractivity contribution in [2.24, 2.45) is 0 Å². The topological polar surface area (TPSA) is 97.4 Å². The quantitative estimate of drug-likeness (QED) is 0.0395. The van der Waals surface area contributed by atoms with Crippen molar-refractivity contribution in [3.8, 4) is 28.4 Å². The Bertz CT molecular complexity index is 1510. The number of carbonyl (C=O) groups excluding carboxylic acids is 3. The van der Waals surface area contributed by atoms with E-state index in [-0.39, 0.29) is 18.0 Å². The molecule has 0 radical (unpaired) electrons. The van der Waals surface area contributed by atoms with Crippen LogP contribution in [-0.2, 0) is 19.1 Å². The second-order valence-electron chi connectivity index (χ2n) is 12.9. The van der Waals surface area contributed by atoms with E-state index < -0.39 is 5.97 Å². The lowest BCUT2D eigenvalue weighted by Crippen LogP contribution is -2.08. The fourth-order valence-corrected chi connectivity index (χ4v) is 5.81. The van der Waals surface area contributed by atoms with Crippen molar-refractivity contribution in [1.29, 1.82) is 0 Å². The van der Waals surface area contributed by atoms with Crippen molar-refractivity contribution in [1.82, 2.24) is 0 Å².